The van der Waals surface area contributed by atoms with E-state index < -0.39 is 16.8 Å². The minimum Gasteiger partial charge on any atom is -0.339 e. The molecule has 1 amide bonds. The van der Waals surface area contributed by atoms with Crippen LogP contribution >= 0.6 is 0 Å². The summed E-state index contributed by atoms with van der Waals surface area (Å²) >= 11 is 0. The molecule has 0 aliphatic heterocycles. The molecule has 0 unspecified atom stereocenters. The van der Waals surface area contributed by atoms with Gasteiger partial charge < -0.3 is 5.32 Å². The first-order valence-electron chi connectivity index (χ1n) is 10.6. The van der Waals surface area contributed by atoms with Gasteiger partial charge in [-0.15, -0.1) is 0 Å². The molecule has 2 heterocycles. The zero-order valence-corrected chi connectivity index (χ0v) is 17.5. The highest BCUT2D eigenvalue weighted by Gasteiger charge is 2.32. The molecule has 1 aliphatic rings. The summed E-state index contributed by atoms with van der Waals surface area (Å²) < 4.78 is 1.51. The molecule has 0 spiro atoms. The van der Waals surface area contributed by atoms with Crippen LogP contribution in [0.3, 0.4) is 0 Å². The maximum absolute atomic E-state index is 13.3. The number of nitrogens with one attached hydrogen (secondary N) is 2. The molecule has 0 saturated heterocycles. The van der Waals surface area contributed by atoms with Gasteiger partial charge in [0.2, 0.25) is 0 Å². The Bertz CT molecular complexity index is 1380. The number of carbonyl (C=O) groups excluding carboxylic acids is 1. The van der Waals surface area contributed by atoms with Crippen molar-refractivity contribution >= 4 is 16.9 Å². The first-order valence-corrected chi connectivity index (χ1v) is 10.6. The van der Waals surface area contributed by atoms with Crippen LogP contribution in [-0.2, 0) is 5.54 Å². The van der Waals surface area contributed by atoms with E-state index in [0.29, 0.717) is 5.65 Å². The Labute approximate surface area is 183 Å². The van der Waals surface area contributed by atoms with E-state index in [-0.39, 0.29) is 22.9 Å². The number of carbonyl (C=O) groups is 1. The lowest BCUT2D eigenvalue weighted by Gasteiger charge is -2.32. The fraction of sp³-hybridized carbons (Fsp3) is 0.200. The van der Waals surface area contributed by atoms with Gasteiger partial charge in [-0.1, -0.05) is 60.7 Å². The quantitative estimate of drug-likeness (QED) is 0.512. The molecular weight excluding hydrogens is 404 g/mol. The van der Waals surface area contributed by atoms with Gasteiger partial charge in [0.1, 0.15) is 5.65 Å². The first-order chi connectivity index (χ1) is 15.5. The van der Waals surface area contributed by atoms with Crippen molar-refractivity contribution in [1.82, 2.24) is 19.9 Å². The molecule has 1 fully saturated rings. The van der Waals surface area contributed by atoms with Gasteiger partial charge in [-0.3, -0.25) is 19.1 Å². The largest absolute Gasteiger partial charge is 0.339 e. The molecule has 2 N–H and O–H groups in total. The van der Waals surface area contributed by atoms with Crippen molar-refractivity contribution in [2.45, 2.75) is 31.3 Å². The fourth-order valence-electron chi connectivity index (χ4n) is 4.09. The maximum atomic E-state index is 13.3. The zero-order valence-electron chi connectivity index (χ0n) is 17.5. The van der Waals surface area contributed by atoms with E-state index in [1.54, 1.807) is 0 Å². The topological polar surface area (TPSA) is 96.8 Å². The van der Waals surface area contributed by atoms with Gasteiger partial charge in [0.05, 0.1) is 16.5 Å². The number of pyridine rings is 1. The molecule has 0 bridgehead atoms. The highest BCUT2D eigenvalue weighted by molar-refractivity contribution is 5.97. The Hall–Kier alpha value is -4.00. The molecule has 1 saturated carbocycles. The number of H-pyrrole nitrogens is 1. The monoisotopic (exact) mass is 426 g/mol. The minimum atomic E-state index is -0.798. The summed E-state index contributed by atoms with van der Waals surface area (Å²) in [5.74, 6) is -0.363. The number of rotatable bonds is 5. The summed E-state index contributed by atoms with van der Waals surface area (Å²) in [5, 5.41) is 3.35. The molecule has 7 heteroatoms. The molecule has 5 rings (SSSR count). The zero-order chi connectivity index (χ0) is 22.3. The Morgan fingerprint density at radius 3 is 2.19 bits per heavy atom. The second-order valence-electron chi connectivity index (χ2n) is 8.27. The van der Waals surface area contributed by atoms with Crippen molar-refractivity contribution in [3.05, 3.63) is 110 Å². The Balaban J connectivity index is 1.57. The molecule has 0 atom stereocenters. The van der Waals surface area contributed by atoms with Crippen molar-refractivity contribution < 1.29 is 4.79 Å². The molecule has 1 aliphatic carbocycles. The third-order valence-corrected chi connectivity index (χ3v) is 6.02. The van der Waals surface area contributed by atoms with Crippen LogP contribution < -0.4 is 16.6 Å². The molecular formula is C25H22N4O3. The lowest BCUT2D eigenvalue weighted by molar-refractivity contribution is 0.0919. The van der Waals surface area contributed by atoms with E-state index in [2.05, 4.69) is 15.3 Å². The van der Waals surface area contributed by atoms with Gasteiger partial charge in [-0.2, -0.15) is 0 Å². The lowest BCUT2D eigenvalue weighted by Crippen LogP contribution is -2.44. The summed E-state index contributed by atoms with van der Waals surface area (Å²) in [5.41, 5.74) is 0.609. The first kappa shape index (κ1) is 19.9. The fourth-order valence-corrected chi connectivity index (χ4v) is 4.09. The van der Waals surface area contributed by atoms with E-state index in [1.807, 2.05) is 67.6 Å². The highest BCUT2D eigenvalue weighted by atomic mass is 16.2. The number of nitrogens with zero attached hydrogens (tertiary/aromatic N) is 2. The number of aromatic nitrogens is 3. The van der Waals surface area contributed by atoms with Crippen LogP contribution in [0, 0.1) is 0 Å². The van der Waals surface area contributed by atoms with Crippen LogP contribution in [0.15, 0.2) is 82.5 Å². The molecule has 160 valence electrons. The number of hydrogen-bond acceptors (Lipinski definition) is 4. The second kappa shape index (κ2) is 7.60. The Morgan fingerprint density at radius 2 is 1.62 bits per heavy atom. The van der Waals surface area contributed by atoms with E-state index in [9.17, 15) is 14.4 Å². The molecule has 7 nitrogen and oxygen atoms in total. The molecule has 2 aromatic heterocycles. The van der Waals surface area contributed by atoms with Crippen molar-refractivity contribution in [3.8, 4) is 0 Å². The lowest BCUT2D eigenvalue weighted by atomic mass is 9.84. The summed E-state index contributed by atoms with van der Waals surface area (Å²) in [6.45, 7) is 1.95. The SMILES string of the molecule is CC(NC(=O)c1cnc2c(c1)c(=O)[nH]c(=O)n2C1CC1)(c1ccccc1)c1ccccc1. The summed E-state index contributed by atoms with van der Waals surface area (Å²) in [6.07, 6.45) is 3.17. The number of benzene rings is 2. The number of fused-ring (bicyclic) bond motifs is 1. The van der Waals surface area contributed by atoms with Gasteiger partial charge in [0.15, 0.2) is 0 Å². The number of hydrogen-bond donors (Lipinski definition) is 2. The van der Waals surface area contributed by atoms with Gasteiger partial charge >= 0.3 is 5.69 Å². The van der Waals surface area contributed by atoms with Gasteiger partial charge in [-0.25, -0.2) is 9.78 Å². The van der Waals surface area contributed by atoms with Crippen LogP contribution in [0.1, 0.15) is 47.3 Å². The predicted molar refractivity (Wildman–Crippen MR) is 122 cm³/mol. The molecule has 0 radical (unpaired) electrons. The Morgan fingerprint density at radius 1 is 1.03 bits per heavy atom. The normalized spacial score (nSPS) is 13.8. The van der Waals surface area contributed by atoms with Crippen LogP contribution in [0.4, 0.5) is 0 Å². The van der Waals surface area contributed by atoms with E-state index >= 15 is 0 Å². The van der Waals surface area contributed by atoms with E-state index in [1.165, 1.54) is 16.8 Å². The summed E-state index contributed by atoms with van der Waals surface area (Å²) in [4.78, 5) is 44.7. The van der Waals surface area contributed by atoms with Gasteiger partial charge in [0.25, 0.3) is 11.5 Å². The summed E-state index contributed by atoms with van der Waals surface area (Å²) in [7, 11) is 0. The summed E-state index contributed by atoms with van der Waals surface area (Å²) in [6, 6.07) is 21.0. The van der Waals surface area contributed by atoms with Crippen molar-refractivity contribution in [2.75, 3.05) is 0 Å². The number of amides is 1. The van der Waals surface area contributed by atoms with Gasteiger partial charge in [-0.05, 0) is 37.0 Å². The Kier molecular flexibility index (Phi) is 4.74. The second-order valence-corrected chi connectivity index (χ2v) is 8.27. The third-order valence-electron chi connectivity index (χ3n) is 6.02. The van der Waals surface area contributed by atoms with Crippen LogP contribution in [0.25, 0.3) is 11.0 Å². The molecule has 2 aromatic carbocycles. The van der Waals surface area contributed by atoms with E-state index in [4.69, 9.17) is 0 Å². The van der Waals surface area contributed by atoms with Crippen molar-refractivity contribution in [1.29, 1.82) is 0 Å². The molecule has 32 heavy (non-hydrogen) atoms. The average Bonchev–Trinajstić information content (AvgIpc) is 3.65. The van der Waals surface area contributed by atoms with E-state index in [0.717, 1.165) is 24.0 Å². The van der Waals surface area contributed by atoms with Crippen LogP contribution in [-0.4, -0.2) is 20.4 Å². The van der Waals surface area contributed by atoms with Gasteiger partial charge in [0, 0.05) is 12.2 Å². The number of aromatic amines is 1. The maximum Gasteiger partial charge on any atom is 0.330 e. The van der Waals surface area contributed by atoms with Crippen molar-refractivity contribution in [2.24, 2.45) is 0 Å². The van der Waals surface area contributed by atoms with Crippen molar-refractivity contribution in [3.63, 3.8) is 0 Å². The molecule has 4 aromatic rings. The predicted octanol–water partition coefficient (Wildman–Crippen LogP) is 3.11. The highest BCUT2D eigenvalue weighted by Crippen LogP contribution is 2.35. The average molecular weight is 426 g/mol. The standard InChI is InChI=1S/C25H22N4O3/c1-25(17-8-4-2-5-9-17,18-10-6-3-7-11-18)28-22(30)16-14-20-21(26-15-16)29(19-12-13-19)24(32)27-23(20)31/h2-11,14-15,19H,12-13H2,1H3,(H,28,30)(H,27,31,32). The smallest absolute Gasteiger partial charge is 0.330 e. The minimum absolute atomic E-state index is 0.0495. The van der Waals surface area contributed by atoms with Crippen LogP contribution in [0.2, 0.25) is 0 Å². The van der Waals surface area contributed by atoms with Crippen LogP contribution in [0.5, 0.6) is 0 Å². The third kappa shape index (κ3) is 3.41.